The fourth-order valence-electron chi connectivity index (χ4n) is 0.869. The van der Waals surface area contributed by atoms with Gasteiger partial charge in [-0.1, -0.05) is 25.2 Å². The van der Waals surface area contributed by atoms with Crippen molar-refractivity contribution in [2.75, 3.05) is 18.5 Å². The summed E-state index contributed by atoms with van der Waals surface area (Å²) in [6, 6.07) is 0. The van der Waals surface area contributed by atoms with Gasteiger partial charge in [-0.2, -0.15) is 0 Å². The molecule has 0 aliphatic heterocycles. The fourth-order valence-corrected chi connectivity index (χ4v) is 1.63. The van der Waals surface area contributed by atoms with Crippen molar-refractivity contribution in [3.63, 3.8) is 0 Å². The Kier molecular flexibility index (Phi) is 4.64. The van der Waals surface area contributed by atoms with Gasteiger partial charge in [-0.15, -0.1) is 10.2 Å². The summed E-state index contributed by atoms with van der Waals surface area (Å²) in [5.41, 5.74) is 0. The maximum Gasteiger partial charge on any atom is 0.252 e. The number of anilines is 1. The molecule has 0 aliphatic carbocycles. The lowest BCUT2D eigenvalue weighted by Crippen LogP contribution is -2.17. The van der Waals surface area contributed by atoms with Crippen molar-refractivity contribution in [3.05, 3.63) is 5.01 Å². The number of hydrogen-bond donors (Lipinski definition) is 1. The molecule has 0 radical (unpaired) electrons. The highest BCUT2D eigenvalue weighted by Gasteiger charge is 2.09. The molecule has 0 unspecified atom stereocenters. The number of nitrogens with zero attached hydrogens (tertiary/aromatic N) is 2. The molecule has 0 aliphatic rings. The summed E-state index contributed by atoms with van der Waals surface area (Å²) in [4.78, 5) is 11.3. The van der Waals surface area contributed by atoms with Crippen LogP contribution in [0.3, 0.4) is 0 Å². The number of rotatable bonds is 5. The van der Waals surface area contributed by atoms with Crippen LogP contribution in [0.2, 0.25) is 0 Å². The van der Waals surface area contributed by atoms with E-state index in [0.717, 1.165) is 5.01 Å². The number of carbonyl (C=O) groups excluding carboxylic acids is 1. The van der Waals surface area contributed by atoms with E-state index in [1.807, 2.05) is 20.8 Å². The molecule has 0 atom stereocenters. The summed E-state index contributed by atoms with van der Waals surface area (Å²) >= 11 is 1.39. The van der Waals surface area contributed by atoms with Crippen LogP contribution < -0.4 is 5.32 Å². The van der Waals surface area contributed by atoms with Crippen LogP contribution in [-0.4, -0.2) is 29.3 Å². The second kappa shape index (κ2) is 5.77. The Hall–Kier alpha value is -1.01. The molecule has 15 heavy (non-hydrogen) atoms. The molecule has 1 heterocycles. The van der Waals surface area contributed by atoms with E-state index >= 15 is 0 Å². The first-order valence-corrected chi connectivity index (χ1v) is 5.66. The van der Waals surface area contributed by atoms with Crippen molar-refractivity contribution in [2.45, 2.75) is 26.7 Å². The van der Waals surface area contributed by atoms with Gasteiger partial charge in [0.2, 0.25) is 5.13 Å². The van der Waals surface area contributed by atoms with Gasteiger partial charge in [-0.3, -0.25) is 10.1 Å². The van der Waals surface area contributed by atoms with Crippen molar-refractivity contribution >= 4 is 22.4 Å². The summed E-state index contributed by atoms with van der Waals surface area (Å²) in [5.74, 6) is 0.142. The number of hydrogen-bond acceptors (Lipinski definition) is 5. The van der Waals surface area contributed by atoms with Crippen molar-refractivity contribution < 1.29 is 9.53 Å². The van der Waals surface area contributed by atoms with Gasteiger partial charge in [-0.25, -0.2) is 0 Å². The molecule has 0 saturated heterocycles. The van der Waals surface area contributed by atoms with Crippen LogP contribution in [0, 0.1) is 0 Å². The molecule has 0 saturated carbocycles. The van der Waals surface area contributed by atoms with Gasteiger partial charge in [0.15, 0.2) is 0 Å². The van der Waals surface area contributed by atoms with E-state index in [9.17, 15) is 4.79 Å². The summed E-state index contributed by atoms with van der Waals surface area (Å²) in [6.07, 6.45) is 0. The zero-order valence-corrected chi connectivity index (χ0v) is 9.93. The highest BCUT2D eigenvalue weighted by molar-refractivity contribution is 7.15. The molecule has 0 bridgehead atoms. The maximum absolute atomic E-state index is 11.3. The molecule has 0 aromatic carbocycles. The van der Waals surface area contributed by atoms with Crippen LogP contribution >= 0.6 is 11.3 Å². The third-order valence-electron chi connectivity index (χ3n) is 1.62. The highest BCUT2D eigenvalue weighted by Crippen LogP contribution is 2.22. The molecule has 1 amide bonds. The standard InChI is InChI=1S/C9H15N3O2S/c1-4-14-5-7(13)10-9-12-11-8(15-9)6(2)3/h6H,4-5H2,1-3H3,(H,10,12,13). The lowest BCUT2D eigenvalue weighted by molar-refractivity contribution is -0.120. The summed E-state index contributed by atoms with van der Waals surface area (Å²) in [7, 11) is 0. The van der Waals surface area contributed by atoms with Gasteiger partial charge in [-0.05, 0) is 6.92 Å². The number of carbonyl (C=O) groups is 1. The SMILES string of the molecule is CCOCC(=O)Nc1nnc(C(C)C)s1. The van der Waals surface area contributed by atoms with Crippen molar-refractivity contribution in [3.8, 4) is 0 Å². The normalized spacial score (nSPS) is 10.7. The molecule has 1 N–H and O–H groups in total. The van der Waals surface area contributed by atoms with Crippen LogP contribution in [0.4, 0.5) is 5.13 Å². The van der Waals surface area contributed by atoms with Crippen LogP contribution in [0.1, 0.15) is 31.7 Å². The predicted octanol–water partition coefficient (Wildman–Crippen LogP) is 1.64. The molecular formula is C9H15N3O2S. The molecule has 6 heteroatoms. The van der Waals surface area contributed by atoms with E-state index in [1.165, 1.54) is 11.3 Å². The Labute approximate surface area is 92.9 Å². The Balaban J connectivity index is 2.46. The number of nitrogens with one attached hydrogen (secondary N) is 1. The van der Waals surface area contributed by atoms with E-state index in [1.54, 1.807) is 0 Å². The average molecular weight is 229 g/mol. The maximum atomic E-state index is 11.3. The molecule has 1 aromatic rings. The van der Waals surface area contributed by atoms with Crippen LogP contribution in [-0.2, 0) is 9.53 Å². The van der Waals surface area contributed by atoms with Gasteiger partial charge in [0.05, 0.1) is 0 Å². The number of aromatic nitrogens is 2. The minimum atomic E-state index is -0.191. The van der Waals surface area contributed by atoms with Gasteiger partial charge >= 0.3 is 0 Å². The first-order chi connectivity index (χ1) is 7.13. The lowest BCUT2D eigenvalue weighted by Gasteiger charge is -2.00. The predicted molar refractivity (Wildman–Crippen MR) is 59.1 cm³/mol. The van der Waals surface area contributed by atoms with Gasteiger partial charge in [0.1, 0.15) is 11.6 Å². The third-order valence-corrected chi connectivity index (χ3v) is 2.76. The van der Waals surface area contributed by atoms with Crippen molar-refractivity contribution in [1.29, 1.82) is 0 Å². The van der Waals surface area contributed by atoms with Crippen molar-refractivity contribution in [1.82, 2.24) is 10.2 Å². The Morgan fingerprint density at radius 3 is 2.80 bits per heavy atom. The fraction of sp³-hybridized carbons (Fsp3) is 0.667. The smallest absolute Gasteiger partial charge is 0.252 e. The minimum Gasteiger partial charge on any atom is -0.372 e. The number of ether oxygens (including phenoxy) is 1. The third kappa shape index (κ3) is 3.93. The first kappa shape index (κ1) is 12.1. The summed E-state index contributed by atoms with van der Waals surface area (Å²) in [5, 5.41) is 11.9. The van der Waals surface area contributed by atoms with Gasteiger partial charge < -0.3 is 4.74 Å². The topological polar surface area (TPSA) is 64.1 Å². The van der Waals surface area contributed by atoms with Crippen LogP contribution in [0.5, 0.6) is 0 Å². The van der Waals surface area contributed by atoms with E-state index in [0.29, 0.717) is 17.7 Å². The second-order valence-electron chi connectivity index (χ2n) is 3.29. The highest BCUT2D eigenvalue weighted by atomic mass is 32.1. The zero-order chi connectivity index (χ0) is 11.3. The molecule has 0 fully saturated rings. The van der Waals surface area contributed by atoms with E-state index in [-0.39, 0.29) is 12.5 Å². The second-order valence-corrected chi connectivity index (χ2v) is 4.29. The molecule has 5 nitrogen and oxygen atoms in total. The summed E-state index contributed by atoms with van der Waals surface area (Å²) in [6.45, 7) is 6.50. The molecule has 1 aromatic heterocycles. The Morgan fingerprint density at radius 2 is 2.27 bits per heavy atom. The zero-order valence-electron chi connectivity index (χ0n) is 9.11. The Bertz CT molecular complexity index is 325. The van der Waals surface area contributed by atoms with E-state index in [2.05, 4.69) is 15.5 Å². The Morgan fingerprint density at radius 1 is 1.53 bits per heavy atom. The van der Waals surface area contributed by atoms with Gasteiger partial charge in [0, 0.05) is 12.5 Å². The van der Waals surface area contributed by atoms with Crippen LogP contribution in [0.25, 0.3) is 0 Å². The van der Waals surface area contributed by atoms with Crippen molar-refractivity contribution in [2.24, 2.45) is 0 Å². The largest absolute Gasteiger partial charge is 0.372 e. The average Bonchev–Trinajstić information content (AvgIpc) is 2.63. The summed E-state index contributed by atoms with van der Waals surface area (Å²) < 4.78 is 4.97. The van der Waals surface area contributed by atoms with Gasteiger partial charge in [0.25, 0.3) is 5.91 Å². The van der Waals surface area contributed by atoms with Crippen LogP contribution in [0.15, 0.2) is 0 Å². The molecular weight excluding hydrogens is 214 g/mol. The molecule has 0 spiro atoms. The number of amides is 1. The monoisotopic (exact) mass is 229 g/mol. The van der Waals surface area contributed by atoms with E-state index < -0.39 is 0 Å². The quantitative estimate of drug-likeness (QED) is 0.833. The lowest BCUT2D eigenvalue weighted by atomic mass is 10.2. The molecule has 1 rings (SSSR count). The first-order valence-electron chi connectivity index (χ1n) is 4.84. The minimum absolute atomic E-state index is 0.0626. The van der Waals surface area contributed by atoms with E-state index in [4.69, 9.17) is 4.74 Å². The molecule has 84 valence electrons.